The number of thioether (sulfide) groups is 1. The molecule has 3 rings (SSSR count). The minimum absolute atomic E-state index is 0.114. The van der Waals surface area contributed by atoms with E-state index >= 15 is 0 Å². The van der Waals surface area contributed by atoms with E-state index in [1.54, 1.807) is 6.07 Å². The van der Waals surface area contributed by atoms with Crippen LogP contribution in [-0.2, 0) is 0 Å². The van der Waals surface area contributed by atoms with E-state index in [1.165, 1.54) is 11.8 Å². The Morgan fingerprint density at radius 3 is 2.65 bits per heavy atom. The Balaban J connectivity index is 2.05. The average Bonchev–Trinajstić information content (AvgIpc) is 2.57. The first-order valence-corrected chi connectivity index (χ1v) is 9.40. The Bertz CT molecular complexity index is 764. The van der Waals surface area contributed by atoms with Gasteiger partial charge in [0, 0.05) is 9.37 Å². The zero-order valence-electron chi connectivity index (χ0n) is 12.3. The van der Waals surface area contributed by atoms with Crippen molar-refractivity contribution in [3.8, 4) is 5.75 Å². The normalized spacial score (nSPS) is 20.1. The molecule has 2 aromatic carbocycles. The highest BCUT2D eigenvalue weighted by atomic mass is 79.9. The summed E-state index contributed by atoms with van der Waals surface area (Å²) in [6.45, 7) is 1.79. The van der Waals surface area contributed by atoms with Crippen LogP contribution in [0.3, 0.4) is 0 Å². The molecular weight excluding hydrogens is 444 g/mol. The summed E-state index contributed by atoms with van der Waals surface area (Å²) in [4.78, 5) is 14.0. The number of ether oxygens (including phenoxy) is 1. The first-order valence-electron chi connectivity index (χ1n) is 6.99. The van der Waals surface area contributed by atoms with Crippen LogP contribution in [0.5, 0.6) is 5.75 Å². The number of ketones is 1. The van der Waals surface area contributed by atoms with Crippen LogP contribution in [-0.4, -0.2) is 28.9 Å². The maximum Gasteiger partial charge on any atom is 0.188 e. The van der Waals surface area contributed by atoms with Crippen molar-refractivity contribution in [1.82, 2.24) is 0 Å². The average molecular weight is 458 g/mol. The molecule has 1 atom stereocenters. The number of aliphatic hydroxyl groups excluding tert-OH is 1. The van der Waals surface area contributed by atoms with Gasteiger partial charge < -0.3 is 9.84 Å². The van der Waals surface area contributed by atoms with Gasteiger partial charge in [-0.2, -0.15) is 0 Å². The minimum atomic E-state index is -1.03. The van der Waals surface area contributed by atoms with Crippen LogP contribution in [0, 0.1) is 6.92 Å². The Hall–Kier alpha value is -0.820. The highest BCUT2D eigenvalue weighted by Crippen LogP contribution is 2.46. The summed E-state index contributed by atoms with van der Waals surface area (Å²) in [5.74, 6) is 0.435. The zero-order valence-corrected chi connectivity index (χ0v) is 16.3. The van der Waals surface area contributed by atoms with Crippen LogP contribution in [0.4, 0.5) is 0 Å². The van der Waals surface area contributed by atoms with Crippen molar-refractivity contribution in [2.24, 2.45) is 0 Å². The number of rotatable bonds is 3. The van der Waals surface area contributed by atoms with Crippen molar-refractivity contribution in [3.63, 3.8) is 0 Å². The molecular formula is C17H14Br2O3S. The number of halogens is 2. The molecule has 0 radical (unpaired) electrons. The SMILES string of the molecule is Cc1c(Br)cc2c(c1Br)OCC(CO)(Sc1ccccc1)C2=O. The number of Topliss-reactive ketones (excluding diaryl/α,β-unsaturated/α-hetero) is 1. The van der Waals surface area contributed by atoms with E-state index in [2.05, 4.69) is 31.9 Å². The minimum Gasteiger partial charge on any atom is -0.490 e. The highest BCUT2D eigenvalue weighted by Gasteiger charge is 2.46. The van der Waals surface area contributed by atoms with Gasteiger partial charge in [0.15, 0.2) is 5.78 Å². The van der Waals surface area contributed by atoms with Crippen LogP contribution in [0.15, 0.2) is 50.2 Å². The van der Waals surface area contributed by atoms with E-state index in [9.17, 15) is 9.90 Å². The second kappa shape index (κ2) is 6.59. The Labute approximate surface area is 155 Å². The second-order valence-electron chi connectivity index (χ2n) is 5.36. The van der Waals surface area contributed by atoms with Gasteiger partial charge in [-0.05, 0) is 46.6 Å². The summed E-state index contributed by atoms with van der Waals surface area (Å²) >= 11 is 8.31. The number of carbonyl (C=O) groups is 1. The fraction of sp³-hybridized carbons (Fsp3) is 0.235. The quantitative estimate of drug-likeness (QED) is 0.730. The molecule has 1 aliphatic rings. The van der Waals surface area contributed by atoms with E-state index in [4.69, 9.17) is 4.74 Å². The van der Waals surface area contributed by atoms with Crippen molar-refractivity contribution < 1.29 is 14.6 Å². The smallest absolute Gasteiger partial charge is 0.188 e. The van der Waals surface area contributed by atoms with Gasteiger partial charge in [-0.3, -0.25) is 4.79 Å². The predicted molar refractivity (Wildman–Crippen MR) is 98.5 cm³/mol. The van der Waals surface area contributed by atoms with E-state index in [-0.39, 0.29) is 19.0 Å². The van der Waals surface area contributed by atoms with Gasteiger partial charge in [-0.25, -0.2) is 0 Å². The number of hydrogen-bond acceptors (Lipinski definition) is 4. The molecule has 0 bridgehead atoms. The molecule has 3 nitrogen and oxygen atoms in total. The van der Waals surface area contributed by atoms with Gasteiger partial charge in [-0.1, -0.05) is 34.1 Å². The van der Waals surface area contributed by atoms with Crippen LogP contribution < -0.4 is 4.74 Å². The van der Waals surface area contributed by atoms with Crippen LogP contribution in [0.1, 0.15) is 15.9 Å². The van der Waals surface area contributed by atoms with Gasteiger partial charge in [0.1, 0.15) is 17.1 Å². The van der Waals surface area contributed by atoms with Crippen molar-refractivity contribution in [3.05, 3.63) is 56.5 Å². The second-order valence-corrected chi connectivity index (χ2v) is 8.46. The Morgan fingerprint density at radius 2 is 2.00 bits per heavy atom. The molecule has 23 heavy (non-hydrogen) atoms. The lowest BCUT2D eigenvalue weighted by atomic mass is 9.94. The lowest BCUT2D eigenvalue weighted by Gasteiger charge is -2.35. The number of carbonyl (C=O) groups excluding carboxylic acids is 1. The summed E-state index contributed by atoms with van der Waals surface area (Å²) < 4.78 is 6.45. The maximum atomic E-state index is 13.1. The zero-order chi connectivity index (χ0) is 16.6. The fourth-order valence-electron chi connectivity index (χ4n) is 2.44. The molecule has 120 valence electrons. The van der Waals surface area contributed by atoms with E-state index < -0.39 is 4.75 Å². The van der Waals surface area contributed by atoms with Crippen molar-refractivity contribution >= 4 is 49.4 Å². The highest BCUT2D eigenvalue weighted by molar-refractivity contribution is 9.11. The molecule has 1 aliphatic heterocycles. The third-order valence-corrected chi connectivity index (χ3v) is 6.93. The molecule has 2 aromatic rings. The number of hydrogen-bond donors (Lipinski definition) is 1. The molecule has 1 unspecified atom stereocenters. The molecule has 0 spiro atoms. The summed E-state index contributed by atoms with van der Waals surface area (Å²) in [7, 11) is 0. The molecule has 0 saturated heterocycles. The van der Waals surface area contributed by atoms with Gasteiger partial charge in [0.05, 0.1) is 16.6 Å². The third kappa shape index (κ3) is 2.97. The van der Waals surface area contributed by atoms with Crippen molar-refractivity contribution in [2.45, 2.75) is 16.6 Å². The molecule has 6 heteroatoms. The predicted octanol–water partition coefficient (Wildman–Crippen LogP) is 4.62. The summed E-state index contributed by atoms with van der Waals surface area (Å²) in [6, 6.07) is 11.4. The molecule has 0 aliphatic carbocycles. The van der Waals surface area contributed by atoms with Gasteiger partial charge >= 0.3 is 0 Å². The fourth-order valence-corrected chi connectivity index (χ4v) is 4.81. The number of benzene rings is 2. The monoisotopic (exact) mass is 456 g/mol. The van der Waals surface area contributed by atoms with Crippen molar-refractivity contribution in [1.29, 1.82) is 0 Å². The summed E-state index contributed by atoms with van der Waals surface area (Å²) in [6.07, 6.45) is 0. The Kier molecular flexibility index (Phi) is 4.88. The molecule has 1 heterocycles. The van der Waals surface area contributed by atoms with Crippen LogP contribution in [0.25, 0.3) is 0 Å². The summed E-state index contributed by atoms with van der Waals surface area (Å²) in [5, 5.41) is 9.95. The van der Waals surface area contributed by atoms with E-state index in [1.807, 2.05) is 37.3 Å². The molecule has 0 fully saturated rings. The standard InChI is InChI=1S/C17H14Br2O3S/c1-10-13(18)7-12-15(14(10)19)22-9-17(8-20,16(12)21)23-11-5-3-2-4-6-11/h2-7,20H,8-9H2,1H3. The number of aliphatic hydroxyl groups is 1. The summed E-state index contributed by atoms with van der Waals surface area (Å²) in [5.41, 5.74) is 1.46. The van der Waals surface area contributed by atoms with Gasteiger partial charge in [0.2, 0.25) is 0 Å². The Morgan fingerprint density at radius 1 is 1.30 bits per heavy atom. The molecule has 0 amide bonds. The molecule has 1 N–H and O–H groups in total. The first kappa shape index (κ1) is 17.0. The topological polar surface area (TPSA) is 46.5 Å². The lowest BCUT2D eigenvalue weighted by Crippen LogP contribution is -2.47. The van der Waals surface area contributed by atoms with Gasteiger partial charge in [0.25, 0.3) is 0 Å². The number of fused-ring (bicyclic) bond motifs is 1. The van der Waals surface area contributed by atoms with E-state index in [0.717, 1.165) is 19.4 Å². The first-order chi connectivity index (χ1) is 11.0. The van der Waals surface area contributed by atoms with E-state index in [0.29, 0.717) is 11.3 Å². The molecule has 0 aromatic heterocycles. The lowest BCUT2D eigenvalue weighted by molar-refractivity contribution is 0.0796. The largest absolute Gasteiger partial charge is 0.490 e. The van der Waals surface area contributed by atoms with Crippen molar-refractivity contribution in [2.75, 3.05) is 13.2 Å². The van der Waals surface area contributed by atoms with Crippen LogP contribution >= 0.6 is 43.6 Å². The third-order valence-electron chi connectivity index (χ3n) is 3.82. The van der Waals surface area contributed by atoms with Crippen LogP contribution in [0.2, 0.25) is 0 Å². The van der Waals surface area contributed by atoms with Gasteiger partial charge in [-0.15, -0.1) is 11.8 Å². The maximum absolute atomic E-state index is 13.1. The molecule has 0 saturated carbocycles.